The molecule has 0 spiro atoms. The van der Waals surface area contributed by atoms with E-state index >= 15 is 0 Å². The summed E-state index contributed by atoms with van der Waals surface area (Å²) in [5.74, 6) is 0.385. The molecule has 1 heteroatoms. The molecule has 1 nitrogen and oxygen atoms in total. The molecule has 0 amide bonds. The average Bonchev–Trinajstić information content (AvgIpc) is 2.66. The molecule has 0 fully saturated rings. The van der Waals surface area contributed by atoms with Gasteiger partial charge in [0.1, 0.15) is 5.58 Å². The second-order valence-corrected chi connectivity index (χ2v) is 3.44. The van der Waals surface area contributed by atoms with Gasteiger partial charge >= 0.3 is 0 Å². The summed E-state index contributed by atoms with van der Waals surface area (Å²) in [6, 6.07) is 8.08. The summed E-state index contributed by atoms with van der Waals surface area (Å²) in [5.41, 5.74) is 2.15. The first-order valence-electron chi connectivity index (χ1n) is 4.75. The van der Waals surface area contributed by atoms with Crippen LogP contribution in [0.1, 0.15) is 12.5 Å². The summed E-state index contributed by atoms with van der Waals surface area (Å²) in [4.78, 5) is 0. The Morgan fingerprint density at radius 3 is 3.00 bits per heavy atom. The van der Waals surface area contributed by atoms with E-state index in [1.807, 2.05) is 24.3 Å². The van der Waals surface area contributed by atoms with Gasteiger partial charge in [-0.25, -0.2) is 0 Å². The van der Waals surface area contributed by atoms with Crippen LogP contribution in [0.2, 0.25) is 0 Å². The van der Waals surface area contributed by atoms with Gasteiger partial charge in [0.05, 0.1) is 6.26 Å². The molecule has 0 aliphatic heterocycles. The molecule has 1 unspecified atom stereocenters. The lowest BCUT2D eigenvalue weighted by Gasteiger charge is -2.05. The van der Waals surface area contributed by atoms with Crippen molar-refractivity contribution in [2.75, 3.05) is 0 Å². The molecule has 0 aliphatic carbocycles. The van der Waals surface area contributed by atoms with Crippen LogP contribution in [0.4, 0.5) is 0 Å². The van der Waals surface area contributed by atoms with E-state index in [0.717, 1.165) is 5.58 Å². The van der Waals surface area contributed by atoms with Crippen LogP contribution in [0.5, 0.6) is 0 Å². The zero-order valence-corrected chi connectivity index (χ0v) is 8.23. The van der Waals surface area contributed by atoms with Crippen molar-refractivity contribution in [3.05, 3.63) is 55.2 Å². The molecule has 1 radical (unpaired) electrons. The molecule has 2 aromatic rings. The number of allylic oxidation sites excluding steroid dienone is 1. The number of rotatable bonds is 3. The van der Waals surface area contributed by atoms with Gasteiger partial charge in [0.15, 0.2) is 0 Å². The maximum Gasteiger partial charge on any atom is 0.134 e. The highest BCUT2D eigenvalue weighted by Gasteiger charge is 2.05. The zero-order chi connectivity index (χ0) is 9.97. The molecule has 1 aromatic heterocycles. The Morgan fingerprint density at radius 2 is 2.21 bits per heavy atom. The minimum absolute atomic E-state index is 0.385. The maximum atomic E-state index is 5.33. The van der Waals surface area contributed by atoms with Crippen LogP contribution in [0.3, 0.4) is 0 Å². The van der Waals surface area contributed by atoms with E-state index in [9.17, 15) is 0 Å². The number of benzene rings is 1. The number of hydrogen-bond donors (Lipinski definition) is 0. The fraction of sp³-hybridized carbons (Fsp3) is 0.154. The first-order valence-corrected chi connectivity index (χ1v) is 4.75. The molecule has 1 atom stereocenters. The van der Waals surface area contributed by atoms with Gasteiger partial charge in [-0.3, -0.25) is 0 Å². The molecule has 0 N–H and O–H groups in total. The lowest BCUT2D eigenvalue weighted by atomic mass is 9.99. The van der Waals surface area contributed by atoms with E-state index in [0.29, 0.717) is 5.92 Å². The van der Waals surface area contributed by atoms with E-state index in [4.69, 9.17) is 4.42 Å². The highest BCUT2D eigenvalue weighted by molar-refractivity contribution is 5.82. The van der Waals surface area contributed by atoms with E-state index in [1.165, 1.54) is 10.9 Å². The lowest BCUT2D eigenvalue weighted by Crippen LogP contribution is -1.92. The molecule has 1 aromatic carbocycles. The van der Waals surface area contributed by atoms with E-state index in [2.05, 4.69) is 26.0 Å². The fourth-order valence-corrected chi connectivity index (χ4v) is 1.51. The topological polar surface area (TPSA) is 13.1 Å². The van der Waals surface area contributed by atoms with E-state index in [1.54, 1.807) is 6.26 Å². The Kier molecular flexibility index (Phi) is 2.40. The minimum atomic E-state index is 0.385. The van der Waals surface area contributed by atoms with Crippen LogP contribution in [0, 0.1) is 12.3 Å². The Bertz CT molecular complexity index is 439. The Hall–Kier alpha value is -1.50. The monoisotopic (exact) mass is 185 g/mol. The minimum Gasteiger partial charge on any atom is -0.464 e. The van der Waals surface area contributed by atoms with Gasteiger partial charge in [-0.2, -0.15) is 0 Å². The Morgan fingerprint density at radius 1 is 1.36 bits per heavy atom. The van der Waals surface area contributed by atoms with Gasteiger partial charge in [-0.15, -0.1) is 6.58 Å². The van der Waals surface area contributed by atoms with Gasteiger partial charge in [0.2, 0.25) is 0 Å². The summed E-state index contributed by atoms with van der Waals surface area (Å²) >= 11 is 0. The summed E-state index contributed by atoms with van der Waals surface area (Å²) in [7, 11) is 0. The molecular formula is C13H13O. The third-order valence-corrected chi connectivity index (χ3v) is 2.34. The number of furan rings is 1. The smallest absolute Gasteiger partial charge is 0.134 e. The van der Waals surface area contributed by atoms with Crippen molar-refractivity contribution in [1.29, 1.82) is 0 Å². The van der Waals surface area contributed by atoms with Gasteiger partial charge in [0, 0.05) is 5.39 Å². The van der Waals surface area contributed by atoms with Crippen molar-refractivity contribution >= 4 is 11.0 Å². The molecule has 0 saturated heterocycles. The third kappa shape index (κ3) is 1.58. The molecular weight excluding hydrogens is 172 g/mol. The average molecular weight is 185 g/mol. The van der Waals surface area contributed by atoms with Crippen LogP contribution in [-0.4, -0.2) is 0 Å². The second kappa shape index (κ2) is 3.70. The lowest BCUT2D eigenvalue weighted by molar-refractivity contribution is 0.616. The predicted molar refractivity (Wildman–Crippen MR) is 59.0 cm³/mol. The van der Waals surface area contributed by atoms with Crippen molar-refractivity contribution in [1.82, 2.24) is 0 Å². The summed E-state index contributed by atoms with van der Waals surface area (Å²) in [6.45, 7) is 5.89. The van der Waals surface area contributed by atoms with Crippen molar-refractivity contribution in [3.63, 3.8) is 0 Å². The Labute approximate surface area is 84.0 Å². The quantitative estimate of drug-likeness (QED) is 0.663. The summed E-state index contributed by atoms with van der Waals surface area (Å²) < 4.78 is 5.33. The van der Waals surface area contributed by atoms with Gasteiger partial charge in [-0.1, -0.05) is 25.1 Å². The maximum absolute atomic E-state index is 5.33. The van der Waals surface area contributed by atoms with Crippen molar-refractivity contribution in [3.8, 4) is 0 Å². The third-order valence-electron chi connectivity index (χ3n) is 2.34. The fourth-order valence-electron chi connectivity index (χ4n) is 1.51. The SMILES string of the molecule is C=CC(C)[CH]c1cccc2occc12. The first kappa shape index (κ1) is 9.07. The highest BCUT2D eigenvalue weighted by atomic mass is 16.3. The highest BCUT2D eigenvalue weighted by Crippen LogP contribution is 2.23. The Balaban J connectivity index is 2.41. The van der Waals surface area contributed by atoms with Gasteiger partial charge < -0.3 is 4.42 Å². The van der Waals surface area contributed by atoms with Crippen LogP contribution < -0.4 is 0 Å². The van der Waals surface area contributed by atoms with Crippen LogP contribution in [0.25, 0.3) is 11.0 Å². The standard InChI is InChI=1S/C13H13O/c1-3-10(2)9-11-5-4-6-13-12(11)7-8-14-13/h3-10H,1H2,2H3. The summed E-state index contributed by atoms with van der Waals surface area (Å²) in [6.07, 6.45) is 5.84. The molecule has 0 bridgehead atoms. The van der Waals surface area contributed by atoms with Crippen molar-refractivity contribution in [2.24, 2.45) is 5.92 Å². The van der Waals surface area contributed by atoms with Crippen LogP contribution in [-0.2, 0) is 0 Å². The number of fused-ring (bicyclic) bond motifs is 1. The van der Waals surface area contributed by atoms with Gasteiger partial charge in [0.25, 0.3) is 0 Å². The van der Waals surface area contributed by atoms with Crippen LogP contribution in [0.15, 0.2) is 47.6 Å². The van der Waals surface area contributed by atoms with Gasteiger partial charge in [-0.05, 0) is 30.0 Å². The molecule has 1 heterocycles. The van der Waals surface area contributed by atoms with E-state index < -0.39 is 0 Å². The summed E-state index contributed by atoms with van der Waals surface area (Å²) in [5, 5.41) is 1.17. The van der Waals surface area contributed by atoms with Crippen LogP contribution >= 0.6 is 0 Å². The van der Waals surface area contributed by atoms with Crippen molar-refractivity contribution in [2.45, 2.75) is 6.92 Å². The van der Waals surface area contributed by atoms with E-state index in [-0.39, 0.29) is 0 Å². The molecule has 71 valence electrons. The largest absolute Gasteiger partial charge is 0.464 e. The first-order chi connectivity index (χ1) is 6.81. The molecule has 14 heavy (non-hydrogen) atoms. The second-order valence-electron chi connectivity index (χ2n) is 3.44. The molecule has 2 rings (SSSR count). The van der Waals surface area contributed by atoms with Crippen molar-refractivity contribution < 1.29 is 4.42 Å². The zero-order valence-electron chi connectivity index (χ0n) is 8.23. The molecule has 0 saturated carbocycles. The normalized spacial score (nSPS) is 12.9. The molecule has 0 aliphatic rings. The number of hydrogen-bond acceptors (Lipinski definition) is 1. The predicted octanol–water partition coefficient (Wildman–Crippen LogP) is 3.81.